The summed E-state index contributed by atoms with van der Waals surface area (Å²) in [6, 6.07) is 15.2. The summed E-state index contributed by atoms with van der Waals surface area (Å²) in [7, 11) is 3.13. The van der Waals surface area contributed by atoms with Crippen molar-refractivity contribution in [2.45, 2.75) is 5.16 Å². The van der Waals surface area contributed by atoms with Crippen molar-refractivity contribution in [1.82, 2.24) is 9.97 Å². The van der Waals surface area contributed by atoms with Gasteiger partial charge in [-0.1, -0.05) is 42.1 Å². The molecule has 0 saturated carbocycles. The summed E-state index contributed by atoms with van der Waals surface area (Å²) in [6.07, 6.45) is 1.77. The molecular weight excluding hydrogens is 350 g/mol. The van der Waals surface area contributed by atoms with E-state index in [1.807, 2.05) is 30.3 Å². The van der Waals surface area contributed by atoms with Crippen LogP contribution in [0.3, 0.4) is 0 Å². The Balaban J connectivity index is 1.59. The van der Waals surface area contributed by atoms with Gasteiger partial charge in [-0.2, -0.15) is 0 Å². The molecule has 2 N–H and O–H groups in total. The fourth-order valence-electron chi connectivity index (χ4n) is 2.36. The Morgan fingerprint density at radius 2 is 1.96 bits per heavy atom. The molecule has 1 heterocycles. The van der Waals surface area contributed by atoms with Crippen molar-refractivity contribution < 1.29 is 14.3 Å². The van der Waals surface area contributed by atoms with Crippen molar-refractivity contribution in [2.75, 3.05) is 25.3 Å². The Labute approximate surface area is 155 Å². The van der Waals surface area contributed by atoms with E-state index >= 15 is 0 Å². The number of carbonyl (C=O) groups excluding carboxylic acids is 1. The summed E-state index contributed by atoms with van der Waals surface area (Å²) in [6.45, 7) is 0. The highest BCUT2D eigenvalue weighted by atomic mass is 32.2. The number of rotatable bonds is 7. The van der Waals surface area contributed by atoms with E-state index in [2.05, 4.69) is 15.3 Å². The van der Waals surface area contributed by atoms with Crippen LogP contribution < -0.4 is 14.8 Å². The van der Waals surface area contributed by atoms with Gasteiger partial charge in [0.15, 0.2) is 5.16 Å². The summed E-state index contributed by atoms with van der Waals surface area (Å²) in [5.41, 5.74) is 2.58. The summed E-state index contributed by atoms with van der Waals surface area (Å²) >= 11 is 1.34. The molecule has 0 fully saturated rings. The summed E-state index contributed by atoms with van der Waals surface area (Å²) in [5, 5.41) is 3.53. The van der Waals surface area contributed by atoms with E-state index in [4.69, 9.17) is 9.47 Å². The van der Waals surface area contributed by atoms with E-state index in [9.17, 15) is 4.79 Å². The average molecular weight is 369 g/mol. The lowest BCUT2D eigenvalue weighted by molar-refractivity contribution is -0.113. The van der Waals surface area contributed by atoms with Crippen LogP contribution in [0.15, 0.2) is 59.9 Å². The first-order chi connectivity index (χ1) is 12.7. The van der Waals surface area contributed by atoms with Gasteiger partial charge in [-0.3, -0.25) is 4.79 Å². The molecule has 3 aromatic rings. The lowest BCUT2D eigenvalue weighted by Crippen LogP contribution is -2.14. The predicted molar refractivity (Wildman–Crippen MR) is 103 cm³/mol. The van der Waals surface area contributed by atoms with Crippen LogP contribution >= 0.6 is 11.8 Å². The van der Waals surface area contributed by atoms with E-state index < -0.39 is 0 Å². The highest BCUT2D eigenvalue weighted by molar-refractivity contribution is 7.99. The van der Waals surface area contributed by atoms with Crippen molar-refractivity contribution in [2.24, 2.45) is 0 Å². The summed E-state index contributed by atoms with van der Waals surface area (Å²) in [5.74, 6) is 1.30. The van der Waals surface area contributed by atoms with Gasteiger partial charge in [0.25, 0.3) is 0 Å². The van der Waals surface area contributed by atoms with Gasteiger partial charge in [0.05, 0.1) is 37.6 Å². The fraction of sp³-hybridized carbons (Fsp3) is 0.158. The second kappa shape index (κ2) is 8.44. The highest BCUT2D eigenvalue weighted by Gasteiger charge is 2.11. The molecule has 2 aromatic carbocycles. The first kappa shape index (κ1) is 17.9. The minimum absolute atomic E-state index is 0.142. The lowest BCUT2D eigenvalue weighted by Gasteiger charge is -2.11. The van der Waals surface area contributed by atoms with Crippen LogP contribution in [0.25, 0.3) is 11.3 Å². The zero-order valence-electron chi connectivity index (χ0n) is 14.5. The van der Waals surface area contributed by atoms with Gasteiger partial charge in [-0.25, -0.2) is 4.98 Å². The number of nitrogens with zero attached hydrogens (tertiary/aromatic N) is 1. The molecule has 0 bridgehead atoms. The molecular formula is C19H19N3O3S. The number of aromatic amines is 1. The molecule has 0 unspecified atom stereocenters. The Bertz CT molecular complexity index is 881. The number of imidazole rings is 1. The molecule has 0 radical (unpaired) electrons. The Kier molecular flexibility index (Phi) is 5.80. The van der Waals surface area contributed by atoms with E-state index in [0.29, 0.717) is 22.3 Å². The third-order valence-corrected chi connectivity index (χ3v) is 4.55. The molecule has 6 nitrogen and oxygen atoms in total. The monoisotopic (exact) mass is 369 g/mol. The first-order valence-electron chi connectivity index (χ1n) is 7.94. The summed E-state index contributed by atoms with van der Waals surface area (Å²) in [4.78, 5) is 19.8. The number of aromatic nitrogens is 2. The van der Waals surface area contributed by atoms with E-state index in [1.54, 1.807) is 38.6 Å². The Morgan fingerprint density at radius 1 is 1.15 bits per heavy atom. The van der Waals surface area contributed by atoms with Crippen LogP contribution in [0.2, 0.25) is 0 Å². The standard InChI is InChI=1S/C19H19N3O3S/c1-24-14-8-9-15(17(10-14)25-2)21-18(23)12-26-19-20-11-16(22-19)13-6-4-3-5-7-13/h3-11H,12H2,1-2H3,(H,20,22)(H,21,23). The normalized spacial score (nSPS) is 10.4. The number of anilines is 1. The molecule has 0 atom stereocenters. The smallest absolute Gasteiger partial charge is 0.234 e. The molecule has 0 spiro atoms. The number of benzene rings is 2. The molecule has 1 aromatic heterocycles. The lowest BCUT2D eigenvalue weighted by atomic mass is 10.2. The van der Waals surface area contributed by atoms with Gasteiger partial charge in [0.1, 0.15) is 11.5 Å². The second-order valence-electron chi connectivity index (χ2n) is 5.37. The molecule has 3 rings (SSSR count). The predicted octanol–water partition coefficient (Wildman–Crippen LogP) is 3.82. The van der Waals surface area contributed by atoms with E-state index in [-0.39, 0.29) is 11.7 Å². The molecule has 0 saturated heterocycles. The van der Waals surface area contributed by atoms with Crippen LogP contribution in [-0.4, -0.2) is 35.8 Å². The zero-order chi connectivity index (χ0) is 18.4. The van der Waals surface area contributed by atoms with Crippen LogP contribution in [0.1, 0.15) is 0 Å². The average Bonchev–Trinajstić information content (AvgIpc) is 3.16. The second-order valence-corrected chi connectivity index (χ2v) is 6.34. The van der Waals surface area contributed by atoms with Crippen molar-refractivity contribution in [1.29, 1.82) is 0 Å². The number of nitrogens with one attached hydrogen (secondary N) is 2. The maximum absolute atomic E-state index is 12.2. The third-order valence-electron chi connectivity index (χ3n) is 3.66. The molecule has 1 amide bonds. The van der Waals surface area contributed by atoms with E-state index in [0.717, 1.165) is 11.3 Å². The number of hydrogen-bond donors (Lipinski definition) is 2. The van der Waals surface area contributed by atoms with Crippen LogP contribution in [0.4, 0.5) is 5.69 Å². The van der Waals surface area contributed by atoms with Gasteiger partial charge in [-0.05, 0) is 17.7 Å². The van der Waals surface area contributed by atoms with Crippen LogP contribution in [0, 0.1) is 0 Å². The van der Waals surface area contributed by atoms with Crippen molar-refractivity contribution in [3.8, 4) is 22.8 Å². The zero-order valence-corrected chi connectivity index (χ0v) is 15.3. The van der Waals surface area contributed by atoms with Crippen molar-refractivity contribution in [3.05, 3.63) is 54.7 Å². The number of carbonyl (C=O) groups is 1. The maximum Gasteiger partial charge on any atom is 0.234 e. The number of amides is 1. The summed E-state index contributed by atoms with van der Waals surface area (Å²) < 4.78 is 10.4. The SMILES string of the molecule is COc1ccc(NC(=O)CSc2ncc(-c3ccccc3)[nH]2)c(OC)c1. The number of hydrogen-bond acceptors (Lipinski definition) is 5. The van der Waals surface area contributed by atoms with Gasteiger partial charge in [0.2, 0.25) is 5.91 Å². The largest absolute Gasteiger partial charge is 0.497 e. The van der Waals surface area contributed by atoms with Gasteiger partial charge in [0, 0.05) is 6.07 Å². The van der Waals surface area contributed by atoms with Gasteiger partial charge < -0.3 is 19.8 Å². The molecule has 26 heavy (non-hydrogen) atoms. The van der Waals surface area contributed by atoms with Crippen molar-refractivity contribution in [3.63, 3.8) is 0 Å². The quantitative estimate of drug-likeness (QED) is 0.619. The van der Waals surface area contributed by atoms with E-state index in [1.165, 1.54) is 11.8 Å². The molecule has 134 valence electrons. The molecule has 7 heteroatoms. The molecule has 0 aliphatic carbocycles. The number of methoxy groups -OCH3 is 2. The topological polar surface area (TPSA) is 76.2 Å². The first-order valence-corrected chi connectivity index (χ1v) is 8.93. The van der Waals surface area contributed by atoms with Gasteiger partial charge in [-0.15, -0.1) is 0 Å². The van der Waals surface area contributed by atoms with Gasteiger partial charge >= 0.3 is 0 Å². The van der Waals surface area contributed by atoms with Crippen LogP contribution in [0.5, 0.6) is 11.5 Å². The fourth-order valence-corrected chi connectivity index (χ4v) is 3.01. The number of H-pyrrole nitrogens is 1. The Hall–Kier alpha value is -2.93. The highest BCUT2D eigenvalue weighted by Crippen LogP contribution is 2.29. The molecule has 0 aliphatic rings. The third kappa shape index (κ3) is 4.37. The van der Waals surface area contributed by atoms with Crippen molar-refractivity contribution >= 4 is 23.4 Å². The molecule has 0 aliphatic heterocycles. The van der Waals surface area contributed by atoms with Crippen LogP contribution in [-0.2, 0) is 4.79 Å². The Morgan fingerprint density at radius 3 is 2.69 bits per heavy atom. The minimum Gasteiger partial charge on any atom is -0.497 e. The maximum atomic E-state index is 12.2. The number of thioether (sulfide) groups is 1. The number of ether oxygens (including phenoxy) is 2. The minimum atomic E-state index is -0.142.